The Morgan fingerprint density at radius 3 is 1.88 bits per heavy atom. The summed E-state index contributed by atoms with van der Waals surface area (Å²) < 4.78 is 0. The molecule has 0 fully saturated rings. The Kier molecular flexibility index (Phi) is 7.50. The lowest BCUT2D eigenvalue weighted by molar-refractivity contribution is -0.121. The quantitative estimate of drug-likeness (QED) is 0.743. The second-order valence-electron chi connectivity index (χ2n) is 6.45. The SMILES string of the molecule is C[C@@H](Cc1ccccc1)NCCC(=O)N[C@@H](C)Cc1ccccc1. The van der Waals surface area contributed by atoms with Gasteiger partial charge in [0.1, 0.15) is 0 Å². The van der Waals surface area contributed by atoms with Crippen molar-refractivity contribution in [2.45, 2.75) is 45.2 Å². The van der Waals surface area contributed by atoms with Crippen LogP contribution in [0.2, 0.25) is 0 Å². The molecule has 0 aromatic heterocycles. The average Bonchev–Trinajstić information content (AvgIpc) is 2.56. The number of hydrogen-bond acceptors (Lipinski definition) is 2. The molecule has 2 rings (SSSR count). The molecule has 0 unspecified atom stereocenters. The molecule has 2 aromatic carbocycles. The first-order valence-electron chi connectivity index (χ1n) is 8.74. The van der Waals surface area contributed by atoms with Crippen LogP contribution < -0.4 is 10.6 Å². The summed E-state index contributed by atoms with van der Waals surface area (Å²) in [6, 6.07) is 21.2. The van der Waals surface area contributed by atoms with E-state index in [-0.39, 0.29) is 11.9 Å². The summed E-state index contributed by atoms with van der Waals surface area (Å²) in [6.45, 7) is 4.91. The molecule has 0 saturated heterocycles. The third-order valence-electron chi connectivity index (χ3n) is 4.02. The average molecular weight is 324 g/mol. The maximum Gasteiger partial charge on any atom is 0.221 e. The summed E-state index contributed by atoms with van der Waals surface area (Å²) in [5.74, 6) is 0.109. The minimum Gasteiger partial charge on any atom is -0.353 e. The number of nitrogens with one attached hydrogen (secondary N) is 2. The maximum absolute atomic E-state index is 12.0. The highest BCUT2D eigenvalue weighted by atomic mass is 16.1. The Balaban J connectivity index is 1.62. The summed E-state index contributed by atoms with van der Waals surface area (Å²) in [4.78, 5) is 12.0. The summed E-state index contributed by atoms with van der Waals surface area (Å²) in [5.41, 5.74) is 2.57. The van der Waals surface area contributed by atoms with Gasteiger partial charge in [0, 0.05) is 25.0 Å². The zero-order valence-corrected chi connectivity index (χ0v) is 14.7. The van der Waals surface area contributed by atoms with Crippen molar-refractivity contribution < 1.29 is 4.79 Å². The van der Waals surface area contributed by atoms with E-state index in [4.69, 9.17) is 0 Å². The molecule has 128 valence electrons. The second kappa shape index (κ2) is 9.89. The number of hydrogen-bond donors (Lipinski definition) is 2. The molecule has 0 aliphatic heterocycles. The van der Waals surface area contributed by atoms with Gasteiger partial charge in [-0.3, -0.25) is 4.79 Å². The predicted octanol–water partition coefficient (Wildman–Crippen LogP) is 3.34. The van der Waals surface area contributed by atoms with Crippen LogP contribution in [-0.4, -0.2) is 24.5 Å². The van der Waals surface area contributed by atoms with Gasteiger partial charge in [-0.15, -0.1) is 0 Å². The van der Waals surface area contributed by atoms with Crippen LogP contribution in [-0.2, 0) is 17.6 Å². The summed E-state index contributed by atoms with van der Waals surface area (Å²) in [6.07, 6.45) is 2.36. The Labute approximate surface area is 145 Å². The lowest BCUT2D eigenvalue weighted by Gasteiger charge is -2.16. The van der Waals surface area contributed by atoms with Gasteiger partial charge in [-0.2, -0.15) is 0 Å². The molecule has 2 aromatic rings. The molecule has 0 bridgehead atoms. The molecule has 2 N–H and O–H groups in total. The number of amides is 1. The van der Waals surface area contributed by atoms with E-state index in [0.717, 1.165) is 12.8 Å². The molecule has 0 radical (unpaired) electrons. The molecule has 2 atom stereocenters. The van der Waals surface area contributed by atoms with Crippen LogP contribution in [0.15, 0.2) is 60.7 Å². The Morgan fingerprint density at radius 1 is 0.833 bits per heavy atom. The van der Waals surface area contributed by atoms with E-state index in [1.165, 1.54) is 11.1 Å². The molecule has 0 aliphatic carbocycles. The largest absolute Gasteiger partial charge is 0.353 e. The van der Waals surface area contributed by atoms with Crippen molar-refractivity contribution in [3.05, 3.63) is 71.8 Å². The third kappa shape index (κ3) is 6.97. The Hall–Kier alpha value is -2.13. The predicted molar refractivity (Wildman–Crippen MR) is 100.0 cm³/mol. The topological polar surface area (TPSA) is 41.1 Å². The molecule has 0 heterocycles. The number of carbonyl (C=O) groups excluding carboxylic acids is 1. The number of carbonyl (C=O) groups is 1. The molecule has 0 saturated carbocycles. The smallest absolute Gasteiger partial charge is 0.221 e. The van der Waals surface area contributed by atoms with E-state index in [2.05, 4.69) is 60.9 Å². The van der Waals surface area contributed by atoms with Crippen LogP contribution in [0, 0.1) is 0 Å². The lowest BCUT2D eigenvalue weighted by Crippen LogP contribution is -2.37. The van der Waals surface area contributed by atoms with Crippen LogP contribution in [0.3, 0.4) is 0 Å². The Morgan fingerprint density at radius 2 is 1.33 bits per heavy atom. The molecular formula is C21H28N2O. The molecule has 3 nitrogen and oxygen atoms in total. The van der Waals surface area contributed by atoms with Gasteiger partial charge in [-0.1, -0.05) is 60.7 Å². The van der Waals surface area contributed by atoms with Crippen molar-refractivity contribution in [3.8, 4) is 0 Å². The second-order valence-corrected chi connectivity index (χ2v) is 6.45. The highest BCUT2D eigenvalue weighted by Crippen LogP contribution is 2.04. The van der Waals surface area contributed by atoms with Crippen molar-refractivity contribution in [2.24, 2.45) is 0 Å². The van der Waals surface area contributed by atoms with E-state index >= 15 is 0 Å². The Bertz CT molecular complexity index is 598. The van der Waals surface area contributed by atoms with Crippen LogP contribution >= 0.6 is 0 Å². The monoisotopic (exact) mass is 324 g/mol. The maximum atomic E-state index is 12.0. The van der Waals surface area contributed by atoms with Gasteiger partial charge >= 0.3 is 0 Å². The van der Waals surface area contributed by atoms with E-state index in [9.17, 15) is 4.79 Å². The van der Waals surface area contributed by atoms with E-state index in [1.54, 1.807) is 0 Å². The van der Waals surface area contributed by atoms with Crippen LogP contribution in [0.25, 0.3) is 0 Å². The van der Waals surface area contributed by atoms with Gasteiger partial charge in [0.15, 0.2) is 0 Å². The minimum atomic E-state index is 0.109. The van der Waals surface area contributed by atoms with Crippen molar-refractivity contribution in [3.63, 3.8) is 0 Å². The van der Waals surface area contributed by atoms with E-state index in [0.29, 0.717) is 19.0 Å². The highest BCUT2D eigenvalue weighted by Gasteiger charge is 2.09. The van der Waals surface area contributed by atoms with Crippen molar-refractivity contribution in [1.82, 2.24) is 10.6 Å². The summed E-state index contributed by atoms with van der Waals surface area (Å²) in [5, 5.41) is 6.50. The van der Waals surface area contributed by atoms with Gasteiger partial charge < -0.3 is 10.6 Å². The van der Waals surface area contributed by atoms with Crippen molar-refractivity contribution >= 4 is 5.91 Å². The fraction of sp³-hybridized carbons (Fsp3) is 0.381. The number of benzene rings is 2. The summed E-state index contributed by atoms with van der Waals surface area (Å²) >= 11 is 0. The first-order valence-corrected chi connectivity index (χ1v) is 8.74. The van der Waals surface area contributed by atoms with E-state index in [1.807, 2.05) is 24.3 Å². The van der Waals surface area contributed by atoms with Gasteiger partial charge in [-0.25, -0.2) is 0 Å². The molecule has 0 spiro atoms. The van der Waals surface area contributed by atoms with Gasteiger partial charge in [0.2, 0.25) is 5.91 Å². The standard InChI is InChI=1S/C21H28N2O/c1-17(15-19-9-5-3-6-10-19)22-14-13-21(24)23-18(2)16-20-11-7-4-8-12-20/h3-12,17-18,22H,13-16H2,1-2H3,(H,23,24)/t17-,18-/m0/s1. The van der Waals surface area contributed by atoms with Crippen LogP contribution in [0.4, 0.5) is 0 Å². The lowest BCUT2D eigenvalue weighted by atomic mass is 10.1. The van der Waals surface area contributed by atoms with Gasteiger partial charge in [-0.05, 0) is 37.8 Å². The molecular weight excluding hydrogens is 296 g/mol. The highest BCUT2D eigenvalue weighted by molar-refractivity contribution is 5.76. The first-order chi connectivity index (χ1) is 11.6. The fourth-order valence-electron chi connectivity index (χ4n) is 2.84. The zero-order valence-electron chi connectivity index (χ0n) is 14.7. The van der Waals surface area contributed by atoms with Gasteiger partial charge in [0.05, 0.1) is 0 Å². The molecule has 1 amide bonds. The third-order valence-corrected chi connectivity index (χ3v) is 4.02. The minimum absolute atomic E-state index is 0.109. The molecule has 3 heteroatoms. The first kappa shape index (κ1) is 18.2. The zero-order chi connectivity index (χ0) is 17.2. The summed E-state index contributed by atoms with van der Waals surface area (Å²) in [7, 11) is 0. The van der Waals surface area contributed by atoms with Crippen LogP contribution in [0.5, 0.6) is 0 Å². The molecule has 0 aliphatic rings. The fourth-order valence-corrected chi connectivity index (χ4v) is 2.84. The molecule has 24 heavy (non-hydrogen) atoms. The van der Waals surface area contributed by atoms with Crippen molar-refractivity contribution in [2.75, 3.05) is 6.54 Å². The van der Waals surface area contributed by atoms with Crippen molar-refractivity contribution in [1.29, 1.82) is 0 Å². The van der Waals surface area contributed by atoms with Gasteiger partial charge in [0.25, 0.3) is 0 Å². The van der Waals surface area contributed by atoms with E-state index < -0.39 is 0 Å². The normalized spacial score (nSPS) is 13.2. The number of rotatable bonds is 9. The van der Waals surface area contributed by atoms with Crippen LogP contribution in [0.1, 0.15) is 31.4 Å².